The minimum atomic E-state index is 0.123. The maximum Gasteiger partial charge on any atom is 0.157 e. The van der Waals surface area contributed by atoms with Crippen LogP contribution in [-0.2, 0) is 18.9 Å². The minimum Gasteiger partial charge on any atom is -0.352 e. The van der Waals surface area contributed by atoms with Crippen molar-refractivity contribution >= 4 is 21.9 Å². The van der Waals surface area contributed by atoms with Gasteiger partial charge in [-0.05, 0) is 66.6 Å². The summed E-state index contributed by atoms with van der Waals surface area (Å²) in [5.41, 5.74) is 13.1. The standard InChI is InChI=1S/C24H30N4/c1-24(2,3)16-12-13-19-18(15-16)17(9-7-8-14-25)22(26-19)23-27-20-10-5-6-11-21(20)28(23)4/h5-6,10-13,15,26H,7-9,14,25H2,1-4H3. The zero-order valence-electron chi connectivity index (χ0n) is 17.3. The summed E-state index contributed by atoms with van der Waals surface area (Å²) in [7, 11) is 2.10. The smallest absolute Gasteiger partial charge is 0.157 e. The molecule has 2 heterocycles. The number of aromatic amines is 1. The average Bonchev–Trinajstić information content (AvgIpc) is 3.19. The SMILES string of the molecule is Cn1c(-c2[nH]c3ccc(C(C)(C)C)cc3c2CCCCN)nc2ccccc21. The molecule has 0 fully saturated rings. The fourth-order valence-electron chi connectivity index (χ4n) is 3.98. The number of para-hydroxylation sites is 2. The highest BCUT2D eigenvalue weighted by atomic mass is 15.1. The molecule has 2 aromatic heterocycles. The van der Waals surface area contributed by atoms with Gasteiger partial charge in [-0.25, -0.2) is 4.98 Å². The van der Waals surface area contributed by atoms with E-state index in [1.54, 1.807) is 0 Å². The zero-order chi connectivity index (χ0) is 19.9. The summed E-state index contributed by atoms with van der Waals surface area (Å²) in [6.45, 7) is 7.53. The van der Waals surface area contributed by atoms with Crippen molar-refractivity contribution < 1.29 is 0 Å². The lowest BCUT2D eigenvalue weighted by Crippen LogP contribution is -2.10. The van der Waals surface area contributed by atoms with Crippen LogP contribution in [0.3, 0.4) is 0 Å². The molecule has 4 aromatic rings. The third kappa shape index (κ3) is 3.22. The lowest BCUT2D eigenvalue weighted by atomic mass is 9.86. The minimum absolute atomic E-state index is 0.123. The normalized spacial score (nSPS) is 12.3. The van der Waals surface area contributed by atoms with Crippen LogP contribution >= 0.6 is 0 Å². The number of nitrogens with zero attached hydrogens (tertiary/aromatic N) is 2. The topological polar surface area (TPSA) is 59.6 Å². The first-order valence-electron chi connectivity index (χ1n) is 10.2. The summed E-state index contributed by atoms with van der Waals surface area (Å²) >= 11 is 0. The highest BCUT2D eigenvalue weighted by Gasteiger charge is 2.20. The monoisotopic (exact) mass is 374 g/mol. The van der Waals surface area contributed by atoms with E-state index in [2.05, 4.69) is 73.8 Å². The molecule has 2 aromatic carbocycles. The molecule has 0 aliphatic rings. The largest absolute Gasteiger partial charge is 0.352 e. The Balaban J connectivity index is 1.93. The van der Waals surface area contributed by atoms with E-state index in [4.69, 9.17) is 10.7 Å². The Labute approximate surface area is 166 Å². The van der Waals surface area contributed by atoms with Crippen LogP contribution in [0.25, 0.3) is 33.5 Å². The Morgan fingerprint density at radius 2 is 1.86 bits per heavy atom. The van der Waals surface area contributed by atoms with E-state index in [1.807, 2.05) is 6.07 Å². The van der Waals surface area contributed by atoms with Crippen LogP contribution in [0.4, 0.5) is 0 Å². The molecule has 28 heavy (non-hydrogen) atoms. The van der Waals surface area contributed by atoms with E-state index >= 15 is 0 Å². The second kappa shape index (κ2) is 7.10. The molecule has 0 spiro atoms. The lowest BCUT2D eigenvalue weighted by Gasteiger charge is -2.19. The number of nitrogens with one attached hydrogen (secondary N) is 1. The molecule has 0 aliphatic heterocycles. The van der Waals surface area contributed by atoms with Crippen molar-refractivity contribution in [3.8, 4) is 11.5 Å². The average molecular weight is 375 g/mol. The number of unbranched alkanes of at least 4 members (excludes halogenated alkanes) is 1. The summed E-state index contributed by atoms with van der Waals surface area (Å²) in [6.07, 6.45) is 3.12. The fourth-order valence-corrected chi connectivity index (χ4v) is 3.98. The summed E-state index contributed by atoms with van der Waals surface area (Å²) in [6, 6.07) is 15.1. The molecule has 146 valence electrons. The molecule has 4 heteroatoms. The van der Waals surface area contributed by atoms with E-state index in [-0.39, 0.29) is 5.41 Å². The van der Waals surface area contributed by atoms with Gasteiger partial charge in [0.2, 0.25) is 0 Å². The number of benzene rings is 2. The molecule has 0 aliphatic carbocycles. The van der Waals surface area contributed by atoms with Crippen molar-refractivity contribution in [2.75, 3.05) is 6.54 Å². The first-order chi connectivity index (χ1) is 13.4. The number of imidazole rings is 1. The van der Waals surface area contributed by atoms with Crippen LogP contribution in [0.5, 0.6) is 0 Å². The molecule has 4 rings (SSSR count). The summed E-state index contributed by atoms with van der Waals surface area (Å²) in [5.74, 6) is 0.998. The number of H-pyrrole nitrogens is 1. The Hall–Kier alpha value is -2.59. The third-order valence-corrected chi connectivity index (χ3v) is 5.66. The van der Waals surface area contributed by atoms with E-state index in [1.165, 1.54) is 22.0 Å². The molecule has 0 saturated heterocycles. The van der Waals surface area contributed by atoms with Crippen molar-refractivity contribution in [1.29, 1.82) is 0 Å². The van der Waals surface area contributed by atoms with E-state index in [0.717, 1.165) is 48.4 Å². The summed E-state index contributed by atoms with van der Waals surface area (Å²) < 4.78 is 2.19. The number of nitrogens with two attached hydrogens (primary N) is 1. The maximum absolute atomic E-state index is 5.76. The Morgan fingerprint density at radius 3 is 2.57 bits per heavy atom. The molecule has 0 saturated carbocycles. The van der Waals surface area contributed by atoms with Gasteiger partial charge >= 0.3 is 0 Å². The Bertz CT molecular complexity index is 1120. The van der Waals surface area contributed by atoms with Gasteiger partial charge in [-0.1, -0.05) is 39.0 Å². The van der Waals surface area contributed by atoms with Crippen LogP contribution < -0.4 is 5.73 Å². The number of aryl methyl sites for hydroxylation is 2. The van der Waals surface area contributed by atoms with Gasteiger partial charge in [-0.2, -0.15) is 0 Å². The van der Waals surface area contributed by atoms with Gasteiger partial charge in [0.25, 0.3) is 0 Å². The molecular formula is C24H30N4. The molecule has 0 atom stereocenters. The second-order valence-corrected chi connectivity index (χ2v) is 8.72. The predicted octanol–water partition coefficient (Wildman–Crippen LogP) is 5.30. The van der Waals surface area contributed by atoms with Gasteiger partial charge in [-0.3, -0.25) is 0 Å². The summed E-state index contributed by atoms with van der Waals surface area (Å²) in [5, 5.41) is 1.31. The Kier molecular flexibility index (Phi) is 4.76. The Morgan fingerprint density at radius 1 is 1.07 bits per heavy atom. The highest BCUT2D eigenvalue weighted by Crippen LogP contribution is 2.35. The molecule has 0 unspecified atom stereocenters. The zero-order valence-corrected chi connectivity index (χ0v) is 17.3. The highest BCUT2D eigenvalue weighted by molar-refractivity contribution is 5.92. The van der Waals surface area contributed by atoms with Crippen molar-refractivity contribution in [3.05, 3.63) is 53.6 Å². The molecule has 3 N–H and O–H groups in total. The van der Waals surface area contributed by atoms with E-state index < -0.39 is 0 Å². The molecule has 0 bridgehead atoms. The molecule has 0 amide bonds. The molecular weight excluding hydrogens is 344 g/mol. The van der Waals surface area contributed by atoms with E-state index in [9.17, 15) is 0 Å². The van der Waals surface area contributed by atoms with Gasteiger partial charge in [0.05, 0.1) is 16.7 Å². The van der Waals surface area contributed by atoms with Crippen LogP contribution in [-0.4, -0.2) is 21.1 Å². The van der Waals surface area contributed by atoms with Crippen LogP contribution in [0.2, 0.25) is 0 Å². The second-order valence-electron chi connectivity index (χ2n) is 8.72. The quantitative estimate of drug-likeness (QED) is 0.466. The number of hydrogen-bond acceptors (Lipinski definition) is 2. The summed E-state index contributed by atoms with van der Waals surface area (Å²) in [4.78, 5) is 8.62. The van der Waals surface area contributed by atoms with Crippen LogP contribution in [0.1, 0.15) is 44.7 Å². The van der Waals surface area contributed by atoms with Gasteiger partial charge < -0.3 is 15.3 Å². The van der Waals surface area contributed by atoms with E-state index in [0.29, 0.717) is 0 Å². The van der Waals surface area contributed by atoms with Gasteiger partial charge in [0.15, 0.2) is 5.82 Å². The molecule has 4 nitrogen and oxygen atoms in total. The van der Waals surface area contributed by atoms with Gasteiger partial charge in [-0.15, -0.1) is 0 Å². The third-order valence-electron chi connectivity index (χ3n) is 5.66. The number of hydrogen-bond donors (Lipinski definition) is 2. The van der Waals surface area contributed by atoms with Crippen molar-refractivity contribution in [2.45, 2.75) is 45.4 Å². The van der Waals surface area contributed by atoms with Gasteiger partial charge in [0, 0.05) is 18.0 Å². The first-order valence-corrected chi connectivity index (χ1v) is 10.2. The molecule has 0 radical (unpaired) electrons. The number of aromatic nitrogens is 3. The van der Waals surface area contributed by atoms with Crippen molar-refractivity contribution in [2.24, 2.45) is 12.8 Å². The van der Waals surface area contributed by atoms with Crippen molar-refractivity contribution in [1.82, 2.24) is 14.5 Å². The van der Waals surface area contributed by atoms with Crippen LogP contribution in [0.15, 0.2) is 42.5 Å². The van der Waals surface area contributed by atoms with Crippen LogP contribution in [0, 0.1) is 0 Å². The van der Waals surface area contributed by atoms with Crippen molar-refractivity contribution in [3.63, 3.8) is 0 Å². The maximum atomic E-state index is 5.76. The lowest BCUT2D eigenvalue weighted by molar-refractivity contribution is 0.591. The van der Waals surface area contributed by atoms with Gasteiger partial charge in [0.1, 0.15) is 0 Å². The fraction of sp³-hybridized carbons (Fsp3) is 0.375. The first kappa shape index (κ1) is 18.8. The number of fused-ring (bicyclic) bond motifs is 2. The predicted molar refractivity (Wildman–Crippen MR) is 119 cm³/mol. The number of rotatable bonds is 5.